The van der Waals surface area contributed by atoms with Crippen LogP contribution in [0.5, 0.6) is 0 Å². The Hall–Kier alpha value is 0.920. The molecule has 1 aliphatic heterocycles. The fourth-order valence-electron chi connectivity index (χ4n) is 2.13. The van der Waals surface area contributed by atoms with Crippen molar-refractivity contribution in [3.63, 3.8) is 0 Å². The third-order valence-electron chi connectivity index (χ3n) is 3.59. The van der Waals surface area contributed by atoms with Crippen LogP contribution in [-0.2, 0) is 4.74 Å². The highest BCUT2D eigenvalue weighted by atomic mass is 79.9. The summed E-state index contributed by atoms with van der Waals surface area (Å²) in [6.07, 6.45) is 3.77. The number of ether oxygens (including phenoxy) is 1. The highest BCUT2D eigenvalue weighted by Gasteiger charge is 2.51. The van der Waals surface area contributed by atoms with Gasteiger partial charge in [0, 0.05) is 9.15 Å². The molecular weight excluding hydrogens is 296 g/mol. The molecule has 1 aliphatic carbocycles. The Balaban J connectivity index is 1.99. The molecule has 1 nitrogen and oxygen atoms in total. The number of alkyl halides is 2. The Labute approximate surface area is 96.9 Å². The molecule has 4 atom stereocenters. The van der Waals surface area contributed by atoms with Crippen LogP contribution in [0.25, 0.3) is 0 Å². The molecule has 0 bridgehead atoms. The molecule has 76 valence electrons. The second-order valence-corrected chi connectivity index (χ2v) is 7.74. The third kappa shape index (κ3) is 1.98. The Morgan fingerprint density at radius 2 is 2.00 bits per heavy atom. The summed E-state index contributed by atoms with van der Waals surface area (Å²) in [5.41, 5.74) is 0.218. The molecule has 0 spiro atoms. The van der Waals surface area contributed by atoms with Crippen molar-refractivity contribution in [3.8, 4) is 0 Å². The van der Waals surface area contributed by atoms with E-state index >= 15 is 0 Å². The second-order valence-electron chi connectivity index (χ2n) is 4.82. The van der Waals surface area contributed by atoms with Crippen molar-refractivity contribution in [1.82, 2.24) is 0 Å². The van der Waals surface area contributed by atoms with E-state index < -0.39 is 0 Å². The van der Waals surface area contributed by atoms with Gasteiger partial charge in [0.05, 0.1) is 12.2 Å². The zero-order valence-electron chi connectivity index (χ0n) is 8.15. The van der Waals surface area contributed by atoms with Gasteiger partial charge in [0.2, 0.25) is 0 Å². The lowest BCUT2D eigenvalue weighted by Gasteiger charge is -2.39. The van der Waals surface area contributed by atoms with Crippen LogP contribution >= 0.6 is 31.9 Å². The zero-order valence-corrected chi connectivity index (χ0v) is 11.3. The summed E-state index contributed by atoms with van der Waals surface area (Å²) < 4.78 is 5.80. The van der Waals surface area contributed by atoms with Crippen molar-refractivity contribution in [3.05, 3.63) is 0 Å². The van der Waals surface area contributed by atoms with Gasteiger partial charge in [0.15, 0.2) is 0 Å². The van der Waals surface area contributed by atoms with Crippen LogP contribution in [0.1, 0.15) is 33.1 Å². The van der Waals surface area contributed by atoms with Crippen LogP contribution < -0.4 is 0 Å². The van der Waals surface area contributed by atoms with Gasteiger partial charge in [-0.05, 0) is 39.0 Å². The smallest absolute Gasteiger partial charge is 0.0917 e. The fourth-order valence-corrected chi connectivity index (χ4v) is 3.23. The van der Waals surface area contributed by atoms with Gasteiger partial charge < -0.3 is 4.74 Å². The van der Waals surface area contributed by atoms with Crippen molar-refractivity contribution in [2.24, 2.45) is 5.92 Å². The molecule has 3 heteroatoms. The van der Waals surface area contributed by atoms with Crippen molar-refractivity contribution in [1.29, 1.82) is 0 Å². The molecule has 1 saturated heterocycles. The van der Waals surface area contributed by atoms with E-state index in [0.717, 1.165) is 12.5 Å². The van der Waals surface area contributed by atoms with E-state index in [9.17, 15) is 0 Å². The summed E-state index contributed by atoms with van der Waals surface area (Å²) in [6.45, 7) is 5.49. The number of rotatable bonds is 1. The Morgan fingerprint density at radius 1 is 1.38 bits per heavy atom. The molecule has 0 aromatic carbocycles. The van der Waals surface area contributed by atoms with E-state index in [2.05, 4.69) is 45.7 Å². The van der Waals surface area contributed by atoms with Crippen LogP contribution in [0.2, 0.25) is 0 Å². The van der Waals surface area contributed by atoms with Crippen LogP contribution in [0.15, 0.2) is 0 Å². The molecule has 0 radical (unpaired) electrons. The Kier molecular flexibility index (Phi) is 2.58. The number of halogens is 2. The molecule has 0 unspecified atom stereocenters. The quantitative estimate of drug-likeness (QED) is 0.533. The third-order valence-corrected chi connectivity index (χ3v) is 6.54. The zero-order chi connectivity index (χ0) is 9.69. The lowest BCUT2D eigenvalue weighted by Crippen LogP contribution is -2.39. The number of hydrogen-bond donors (Lipinski definition) is 0. The second kappa shape index (κ2) is 3.21. The maximum absolute atomic E-state index is 5.52. The first-order valence-electron chi connectivity index (χ1n) is 4.91. The molecular formula is C10H16Br2O. The van der Waals surface area contributed by atoms with Crippen LogP contribution in [0.4, 0.5) is 0 Å². The van der Waals surface area contributed by atoms with E-state index in [1.54, 1.807) is 0 Å². The molecule has 2 rings (SSSR count). The standard InChI is InChI=1S/C10H16Br2O/c1-9(12)4-3-7(5-8(9)11)10(2)6-13-10/h7-8H,3-6H2,1-2H3/t7-,8+,9+,10+/m1/s1. The number of epoxide rings is 1. The summed E-state index contributed by atoms with van der Waals surface area (Å²) in [5, 5.41) is 0. The van der Waals surface area contributed by atoms with Gasteiger partial charge in [0.25, 0.3) is 0 Å². The highest BCUT2D eigenvalue weighted by molar-refractivity contribution is 9.12. The molecule has 2 aliphatic rings. The monoisotopic (exact) mass is 310 g/mol. The van der Waals surface area contributed by atoms with Crippen molar-refractivity contribution < 1.29 is 4.74 Å². The molecule has 0 amide bonds. The minimum absolute atomic E-state index is 0.218. The van der Waals surface area contributed by atoms with E-state index in [1.807, 2.05) is 0 Å². The lowest BCUT2D eigenvalue weighted by atomic mass is 9.77. The van der Waals surface area contributed by atoms with Crippen LogP contribution in [0, 0.1) is 5.92 Å². The van der Waals surface area contributed by atoms with Crippen LogP contribution in [0.3, 0.4) is 0 Å². The van der Waals surface area contributed by atoms with E-state index in [4.69, 9.17) is 4.74 Å². The Bertz CT molecular complexity index is 211. The van der Waals surface area contributed by atoms with Gasteiger partial charge >= 0.3 is 0 Å². The van der Waals surface area contributed by atoms with Gasteiger partial charge in [-0.25, -0.2) is 0 Å². The van der Waals surface area contributed by atoms with Gasteiger partial charge in [-0.1, -0.05) is 31.9 Å². The molecule has 0 aromatic heterocycles. The molecule has 1 heterocycles. The summed E-state index contributed by atoms with van der Waals surface area (Å²) >= 11 is 7.55. The van der Waals surface area contributed by atoms with Gasteiger partial charge in [-0.3, -0.25) is 0 Å². The average molecular weight is 312 g/mol. The first kappa shape index (κ1) is 10.4. The van der Waals surface area contributed by atoms with Crippen LogP contribution in [-0.4, -0.2) is 21.4 Å². The summed E-state index contributed by atoms with van der Waals surface area (Å²) in [5.74, 6) is 0.752. The predicted molar refractivity (Wildman–Crippen MR) is 61.7 cm³/mol. The Morgan fingerprint density at radius 3 is 2.46 bits per heavy atom. The fraction of sp³-hybridized carbons (Fsp3) is 1.00. The van der Waals surface area contributed by atoms with Gasteiger partial charge in [0.1, 0.15) is 0 Å². The number of hydrogen-bond acceptors (Lipinski definition) is 1. The molecule has 1 saturated carbocycles. The van der Waals surface area contributed by atoms with E-state index in [1.165, 1.54) is 19.3 Å². The maximum Gasteiger partial charge on any atom is 0.0917 e. The first-order valence-corrected chi connectivity index (χ1v) is 6.62. The topological polar surface area (TPSA) is 12.5 Å². The largest absolute Gasteiger partial charge is 0.370 e. The predicted octanol–water partition coefficient (Wildman–Crippen LogP) is 3.49. The average Bonchev–Trinajstić information content (AvgIpc) is 2.75. The van der Waals surface area contributed by atoms with Crippen molar-refractivity contribution in [2.45, 2.75) is 47.9 Å². The summed E-state index contributed by atoms with van der Waals surface area (Å²) in [6, 6.07) is 0. The molecule has 13 heavy (non-hydrogen) atoms. The minimum Gasteiger partial charge on any atom is -0.370 e. The summed E-state index contributed by atoms with van der Waals surface area (Å²) in [4.78, 5) is 0.583. The molecule has 0 N–H and O–H groups in total. The van der Waals surface area contributed by atoms with E-state index in [-0.39, 0.29) is 9.93 Å². The summed E-state index contributed by atoms with van der Waals surface area (Å²) in [7, 11) is 0. The first-order chi connectivity index (χ1) is 5.94. The van der Waals surface area contributed by atoms with Gasteiger partial charge in [-0.2, -0.15) is 0 Å². The minimum atomic E-state index is 0.218. The van der Waals surface area contributed by atoms with Gasteiger partial charge in [-0.15, -0.1) is 0 Å². The maximum atomic E-state index is 5.52. The van der Waals surface area contributed by atoms with E-state index in [0.29, 0.717) is 4.83 Å². The highest BCUT2D eigenvalue weighted by Crippen LogP contribution is 2.49. The lowest BCUT2D eigenvalue weighted by molar-refractivity contribution is 0.183. The van der Waals surface area contributed by atoms with Crippen molar-refractivity contribution in [2.75, 3.05) is 6.61 Å². The van der Waals surface area contributed by atoms with Crippen molar-refractivity contribution >= 4 is 31.9 Å². The molecule has 2 fully saturated rings. The normalized spacial score (nSPS) is 56.3. The SMILES string of the molecule is C[C@]1(Br)CC[C@@H]([C@]2(C)CO2)C[C@@H]1Br. The molecule has 0 aromatic rings.